The Labute approximate surface area is 597 Å². The maximum absolute atomic E-state index is 11.7. The van der Waals surface area contributed by atoms with Crippen molar-refractivity contribution in [2.45, 2.75) is 51.4 Å². The molecular weight excluding hydrogens is 1420 g/mol. The molecule has 9 aromatic heterocycles. The highest BCUT2D eigenvalue weighted by molar-refractivity contribution is 7.29. The van der Waals surface area contributed by atoms with Crippen LogP contribution in [0.3, 0.4) is 0 Å². The third-order valence-electron chi connectivity index (χ3n) is 16.8. The summed E-state index contributed by atoms with van der Waals surface area (Å²) in [6.07, 6.45) is 4.67. The predicted molar refractivity (Wildman–Crippen MR) is 382 cm³/mol. The molecular formula is C75H41N5O16S6. The van der Waals surface area contributed by atoms with E-state index in [4.69, 9.17) is 0 Å². The summed E-state index contributed by atoms with van der Waals surface area (Å²) in [5.41, 5.74) is 8.27. The molecule has 21 nitrogen and oxygen atoms in total. The van der Waals surface area contributed by atoms with Gasteiger partial charge in [-0.25, -0.2) is 19.9 Å². The first kappa shape index (κ1) is 67.6. The number of para-hydroxylation sites is 1. The molecule has 0 spiro atoms. The van der Waals surface area contributed by atoms with Crippen molar-refractivity contribution in [1.82, 2.24) is 24.9 Å². The minimum atomic E-state index is -0.224. The number of thiophene rings is 5. The molecule has 8 aliphatic carbocycles. The molecule has 0 saturated heterocycles. The first-order chi connectivity index (χ1) is 49.2. The summed E-state index contributed by atoms with van der Waals surface area (Å²) in [6, 6.07) is 35.6. The van der Waals surface area contributed by atoms with Crippen molar-refractivity contribution in [2.24, 2.45) is 0 Å². The first-order valence-corrected chi connectivity index (χ1v) is 35.9. The van der Waals surface area contributed by atoms with Gasteiger partial charge in [0.15, 0.2) is 92.5 Å². The number of hydrogen-bond donors (Lipinski definition) is 0. The molecule has 9 heterocycles. The van der Waals surface area contributed by atoms with E-state index in [-0.39, 0.29) is 155 Å². The van der Waals surface area contributed by atoms with Crippen molar-refractivity contribution in [2.75, 3.05) is 0 Å². The number of hydrogen-bond acceptors (Lipinski definition) is 27. The van der Waals surface area contributed by atoms with E-state index in [0.29, 0.717) is 80.2 Å². The molecule has 0 unspecified atom stereocenters. The fraction of sp³-hybridized carbons (Fsp3) is 0.107. The van der Waals surface area contributed by atoms with E-state index in [1.165, 1.54) is 74.6 Å². The highest BCUT2D eigenvalue weighted by Crippen LogP contribution is 2.41. The lowest BCUT2D eigenvalue weighted by Gasteiger charge is -2.02. The van der Waals surface area contributed by atoms with Crippen molar-refractivity contribution in [1.29, 1.82) is 0 Å². The molecule has 498 valence electrons. The lowest BCUT2D eigenvalue weighted by molar-refractivity contribution is 0.0904. The number of thiazole rings is 1. The lowest BCUT2D eigenvalue weighted by atomic mass is 10.0. The van der Waals surface area contributed by atoms with Crippen LogP contribution in [0.5, 0.6) is 0 Å². The van der Waals surface area contributed by atoms with Crippen molar-refractivity contribution in [3.8, 4) is 0 Å². The first-order valence-electron chi connectivity index (χ1n) is 30.8. The van der Waals surface area contributed by atoms with Gasteiger partial charge in [0.25, 0.3) is 0 Å². The summed E-state index contributed by atoms with van der Waals surface area (Å²) < 4.78 is 4.00. The molecule has 13 aromatic rings. The fourth-order valence-corrected chi connectivity index (χ4v) is 18.4. The van der Waals surface area contributed by atoms with Crippen LogP contribution in [0.2, 0.25) is 0 Å². The maximum atomic E-state index is 11.7. The molecule has 0 saturated carbocycles. The third-order valence-corrected chi connectivity index (χ3v) is 23.3. The van der Waals surface area contributed by atoms with Crippen LogP contribution in [-0.4, -0.2) is 117 Å². The topological polar surface area (TPSA) is 338 Å². The van der Waals surface area contributed by atoms with Gasteiger partial charge in [0.1, 0.15) is 27.7 Å². The van der Waals surface area contributed by atoms with E-state index in [1.54, 1.807) is 41.1 Å². The summed E-state index contributed by atoms with van der Waals surface area (Å²) >= 11 is 8.38. The van der Waals surface area contributed by atoms with E-state index < -0.39 is 0 Å². The van der Waals surface area contributed by atoms with Crippen LogP contribution in [0, 0.1) is 0 Å². The van der Waals surface area contributed by atoms with Gasteiger partial charge in [-0.15, -0.1) is 68.0 Å². The second-order valence-corrected chi connectivity index (χ2v) is 29.1. The average Bonchev–Trinajstić information content (AvgIpc) is 1.60. The molecule has 27 heteroatoms. The number of benzene rings is 4. The van der Waals surface area contributed by atoms with Gasteiger partial charge >= 0.3 is 0 Å². The van der Waals surface area contributed by atoms with Crippen LogP contribution in [0.4, 0.5) is 0 Å². The highest BCUT2D eigenvalue weighted by atomic mass is 32.1. The van der Waals surface area contributed by atoms with Gasteiger partial charge in [-0.05, 0) is 64.0 Å². The molecule has 21 rings (SSSR count). The third kappa shape index (κ3) is 12.7. The predicted octanol–water partition coefficient (Wildman–Crippen LogP) is 14.8. The van der Waals surface area contributed by atoms with E-state index >= 15 is 0 Å². The summed E-state index contributed by atoms with van der Waals surface area (Å²) in [4.78, 5) is 203. The molecule has 0 radical (unpaired) electrons. The summed E-state index contributed by atoms with van der Waals surface area (Å²) in [5, 5.41) is 7.48. The number of nitrogens with zero attached hydrogens (tertiary/aromatic N) is 5. The smallest absolute Gasteiger partial charge is 0.191 e. The number of carbonyl (C=O) groups excluding carboxylic acids is 16. The molecule has 0 fully saturated rings. The van der Waals surface area contributed by atoms with Crippen LogP contribution in [-0.2, 0) is 0 Å². The van der Waals surface area contributed by atoms with E-state index in [0.717, 1.165) is 45.9 Å². The number of carbonyl (C=O) groups is 16. The number of rotatable bonds is 0. The second kappa shape index (κ2) is 27.8. The number of pyridine rings is 2. The molecule has 4 aromatic carbocycles. The number of ketones is 16. The van der Waals surface area contributed by atoms with Gasteiger partial charge in [-0.2, -0.15) is 0 Å². The molecule has 0 amide bonds. The Morgan fingerprint density at radius 2 is 0.784 bits per heavy atom. The normalized spacial score (nSPS) is 15.3. The molecule has 102 heavy (non-hydrogen) atoms. The molecule has 0 bridgehead atoms. The van der Waals surface area contributed by atoms with Gasteiger partial charge in [0.05, 0.1) is 108 Å². The zero-order chi connectivity index (χ0) is 71.4. The summed E-state index contributed by atoms with van der Waals surface area (Å²) in [5.74, 6) is -1.31. The number of Topliss-reactive ketones (excluding diaryl/α,β-unsaturated/α-hetero) is 16. The molecule has 8 aliphatic rings. The van der Waals surface area contributed by atoms with Gasteiger partial charge < -0.3 is 0 Å². The van der Waals surface area contributed by atoms with Crippen molar-refractivity contribution in [3.05, 3.63) is 236 Å². The number of aromatic nitrogens is 5. The van der Waals surface area contributed by atoms with Gasteiger partial charge in [0.2, 0.25) is 0 Å². The Balaban J connectivity index is 0.0000000992. The zero-order valence-electron chi connectivity index (χ0n) is 52.3. The second-order valence-electron chi connectivity index (χ2n) is 23.3. The SMILES string of the molecule is O=C1CC(=O)c2c1ccc1ccccc21.O=C1CC(=O)c2c1sc1ccccc21.O=C1CC(=O)c2c1sc1cccnc21.O=C1CC(=O)c2c1sc1ccsc21.O=C1CC(=O)c2nc3ccccc3cc21.O=C1CC(=O)c2nccnc21.O=C1CC(=O)c2sccc21.O=C1CC(=O)c2scnc21. The maximum Gasteiger partial charge on any atom is 0.191 e. The van der Waals surface area contributed by atoms with Crippen LogP contribution < -0.4 is 0 Å². The minimum Gasteiger partial charge on any atom is -0.294 e. The Morgan fingerprint density at radius 1 is 0.284 bits per heavy atom. The van der Waals surface area contributed by atoms with Gasteiger partial charge in [-0.1, -0.05) is 72.8 Å². The van der Waals surface area contributed by atoms with Crippen LogP contribution >= 0.6 is 68.0 Å². The van der Waals surface area contributed by atoms with Crippen LogP contribution in [0.25, 0.3) is 51.4 Å². The highest BCUT2D eigenvalue weighted by Gasteiger charge is 2.37. The quantitative estimate of drug-likeness (QED) is 0.127. The molecule has 0 atom stereocenters. The monoisotopic (exact) mass is 1460 g/mol. The van der Waals surface area contributed by atoms with Crippen molar-refractivity contribution in [3.63, 3.8) is 0 Å². The Bertz CT molecular complexity index is 5670. The Morgan fingerprint density at radius 3 is 1.51 bits per heavy atom. The van der Waals surface area contributed by atoms with E-state index in [1.807, 2.05) is 102 Å². The molecule has 0 aliphatic heterocycles. The molecule has 0 N–H and O–H groups in total. The average molecular weight is 1460 g/mol. The minimum absolute atomic E-state index is 0.00583. The summed E-state index contributed by atoms with van der Waals surface area (Å²) in [7, 11) is 0. The summed E-state index contributed by atoms with van der Waals surface area (Å²) in [6.45, 7) is 0. The largest absolute Gasteiger partial charge is 0.294 e. The standard InChI is InChI=1S/C13H8O2.C12H7NO2.C11H6O2S.C10H5NO2S.C9H4O2S2.C7H4N2O2.C7H4O2S.C6H3NO2S/c14-11-7-12(15)13-9-4-2-1-3-8(9)5-6-10(11)13;14-10-6-11(15)12-8(10)5-7-3-1-2-4-9(7)13-12;12-7-5-8(13)11-10(7)6-3-1-2-4-9(6)14-11;12-5-4-6(13)10-8(5)9-7(14-10)2-1-3-11-9;10-4-3-5(11)8-7(4)9-6(13-8)1-2-12-9;10-4-3-5(11)7-6(4)8-1-2-9-7;8-5-3-6(9)7-4(5)1-2-10-7;8-3-1-4(9)6-5(3)7-2-10-6/h1-6H,7H2;1-5H,6H2;1-4H,5H2;1-3H,4H2;1-2H,3H2;1-2H,3H2;1-2H,3H2;2H,1H2. The lowest BCUT2D eigenvalue weighted by Crippen LogP contribution is -1.96. The Kier molecular flexibility index (Phi) is 18.5. The van der Waals surface area contributed by atoms with Crippen LogP contribution in [0.1, 0.15) is 214 Å². The zero-order valence-corrected chi connectivity index (χ0v) is 57.2. The van der Waals surface area contributed by atoms with E-state index in [9.17, 15) is 76.7 Å². The fourth-order valence-electron chi connectivity index (χ4n) is 12.2. The van der Waals surface area contributed by atoms with Crippen molar-refractivity contribution < 1.29 is 76.7 Å². The Hall–Kier alpha value is -11.6. The number of fused-ring (bicyclic) bond motifs is 17. The van der Waals surface area contributed by atoms with E-state index in [2.05, 4.69) is 24.9 Å². The van der Waals surface area contributed by atoms with Crippen molar-refractivity contribution >= 4 is 212 Å². The van der Waals surface area contributed by atoms with Gasteiger partial charge in [-0.3, -0.25) is 81.7 Å². The van der Waals surface area contributed by atoms with Crippen LogP contribution in [0.15, 0.2) is 150 Å². The van der Waals surface area contributed by atoms with Gasteiger partial charge in [0, 0.05) is 66.6 Å².